The van der Waals surface area contributed by atoms with E-state index in [1.807, 2.05) is 45.2 Å². The van der Waals surface area contributed by atoms with Crippen molar-refractivity contribution >= 4 is 23.2 Å². The molecule has 1 aliphatic rings. The molecule has 3 aromatic rings. The second-order valence-corrected chi connectivity index (χ2v) is 7.76. The van der Waals surface area contributed by atoms with Crippen molar-refractivity contribution in [2.24, 2.45) is 9.98 Å². The maximum Gasteiger partial charge on any atom is 0.282 e. The standard InChI is InChI=1S/C27H27N3O2/c1-5-32-27(31)25-18(3)30-17(2)23(15-28-4)26(25)24-16-29-14-13-22(24)21-12-8-10-19-9-6-7-11-20(19)21/h6-14,16,26,31H,4-5,15H2,1-3H3/b27-25+/t26-/m1/s1. The molecule has 2 aromatic carbocycles. The van der Waals surface area contributed by atoms with Crippen molar-refractivity contribution in [1.82, 2.24) is 4.98 Å². The third-order valence-corrected chi connectivity index (χ3v) is 5.86. The first-order valence-corrected chi connectivity index (χ1v) is 10.7. The molecule has 1 aliphatic heterocycles. The van der Waals surface area contributed by atoms with Crippen LogP contribution in [0.3, 0.4) is 0 Å². The molecule has 1 atom stereocenters. The highest BCUT2D eigenvalue weighted by Gasteiger charge is 2.34. The second-order valence-electron chi connectivity index (χ2n) is 7.76. The molecule has 0 saturated carbocycles. The van der Waals surface area contributed by atoms with E-state index in [1.165, 1.54) is 5.39 Å². The number of aliphatic hydroxyl groups excluding tert-OH is 1. The number of fused-ring (bicyclic) bond motifs is 1. The van der Waals surface area contributed by atoms with Crippen molar-refractivity contribution in [1.29, 1.82) is 0 Å². The van der Waals surface area contributed by atoms with Gasteiger partial charge in [-0.05, 0) is 66.6 Å². The van der Waals surface area contributed by atoms with Gasteiger partial charge in [-0.3, -0.25) is 15.0 Å². The number of aromatic nitrogens is 1. The van der Waals surface area contributed by atoms with Gasteiger partial charge in [0.05, 0.1) is 18.7 Å². The van der Waals surface area contributed by atoms with Crippen molar-refractivity contribution in [2.45, 2.75) is 26.7 Å². The summed E-state index contributed by atoms with van der Waals surface area (Å²) in [6.07, 6.45) is 3.67. The number of nitrogens with zero attached hydrogens (tertiary/aromatic N) is 3. The number of aliphatic hydroxyl groups is 1. The van der Waals surface area contributed by atoms with E-state index in [1.54, 1.807) is 6.20 Å². The van der Waals surface area contributed by atoms with Crippen LogP contribution in [0.1, 0.15) is 32.3 Å². The number of hydrogen-bond acceptors (Lipinski definition) is 5. The minimum atomic E-state index is -0.299. The van der Waals surface area contributed by atoms with Gasteiger partial charge in [0.1, 0.15) is 0 Å². The Labute approximate surface area is 188 Å². The fourth-order valence-corrected chi connectivity index (χ4v) is 4.48. The van der Waals surface area contributed by atoms with Gasteiger partial charge in [-0.15, -0.1) is 0 Å². The van der Waals surface area contributed by atoms with Crippen LogP contribution in [0.15, 0.2) is 93.7 Å². The molecule has 0 saturated heterocycles. The molecule has 5 heteroatoms. The van der Waals surface area contributed by atoms with Crippen LogP contribution in [0.5, 0.6) is 0 Å². The van der Waals surface area contributed by atoms with Gasteiger partial charge in [0.15, 0.2) is 0 Å². The van der Waals surface area contributed by atoms with Crippen molar-refractivity contribution < 1.29 is 9.84 Å². The van der Waals surface area contributed by atoms with Crippen molar-refractivity contribution in [2.75, 3.05) is 13.2 Å². The molecule has 0 aliphatic carbocycles. The number of benzene rings is 2. The Morgan fingerprint density at radius 3 is 2.66 bits per heavy atom. The topological polar surface area (TPSA) is 67.1 Å². The van der Waals surface area contributed by atoms with Crippen LogP contribution < -0.4 is 0 Å². The Morgan fingerprint density at radius 1 is 1.09 bits per heavy atom. The minimum Gasteiger partial charge on any atom is -0.481 e. The summed E-state index contributed by atoms with van der Waals surface area (Å²) in [5.41, 5.74) is 6.34. The summed E-state index contributed by atoms with van der Waals surface area (Å²) in [6, 6.07) is 16.7. The highest BCUT2D eigenvalue weighted by atomic mass is 16.6. The molecule has 0 bridgehead atoms. The fraction of sp³-hybridized carbons (Fsp3) is 0.222. The molecule has 5 nitrogen and oxygen atoms in total. The summed E-state index contributed by atoms with van der Waals surface area (Å²) in [6.45, 7) is 10.2. The van der Waals surface area contributed by atoms with Crippen LogP contribution >= 0.6 is 0 Å². The Morgan fingerprint density at radius 2 is 1.88 bits per heavy atom. The lowest BCUT2D eigenvalue weighted by molar-refractivity contribution is 0.0983. The van der Waals surface area contributed by atoms with Gasteiger partial charge in [0.25, 0.3) is 5.95 Å². The Balaban J connectivity index is 2.02. The average Bonchev–Trinajstić information content (AvgIpc) is 2.80. The second kappa shape index (κ2) is 9.18. The lowest BCUT2D eigenvalue weighted by Gasteiger charge is -2.30. The van der Waals surface area contributed by atoms with E-state index < -0.39 is 0 Å². The quantitative estimate of drug-likeness (QED) is 0.375. The largest absolute Gasteiger partial charge is 0.481 e. The average molecular weight is 426 g/mol. The number of ether oxygens (including phenoxy) is 1. The van der Waals surface area contributed by atoms with Gasteiger partial charge in [-0.2, -0.15) is 0 Å². The zero-order valence-corrected chi connectivity index (χ0v) is 18.7. The maximum atomic E-state index is 10.9. The summed E-state index contributed by atoms with van der Waals surface area (Å²) in [7, 11) is 0. The first-order chi connectivity index (χ1) is 15.6. The molecule has 0 spiro atoms. The van der Waals surface area contributed by atoms with Gasteiger partial charge < -0.3 is 9.84 Å². The SMILES string of the molecule is C=NCC1=C(C)N=C(C)/C(=C(/O)OCC)[C@H]1c1cnccc1-c1cccc2ccccc12. The molecule has 0 unspecified atom stereocenters. The van der Waals surface area contributed by atoms with Crippen LogP contribution in [-0.2, 0) is 4.74 Å². The Bertz CT molecular complexity index is 1270. The Hall–Kier alpha value is -3.73. The van der Waals surface area contributed by atoms with Crippen molar-refractivity contribution in [3.05, 3.63) is 89.3 Å². The molecule has 0 fully saturated rings. The highest BCUT2D eigenvalue weighted by Crippen LogP contribution is 2.44. The van der Waals surface area contributed by atoms with E-state index in [2.05, 4.69) is 52.0 Å². The first kappa shape index (κ1) is 21.5. The molecule has 162 valence electrons. The van der Waals surface area contributed by atoms with Crippen molar-refractivity contribution in [3.8, 4) is 11.1 Å². The number of pyridine rings is 1. The lowest BCUT2D eigenvalue weighted by atomic mass is 9.77. The van der Waals surface area contributed by atoms with Gasteiger partial charge in [0.2, 0.25) is 0 Å². The van der Waals surface area contributed by atoms with E-state index in [-0.39, 0.29) is 11.9 Å². The number of allylic oxidation sites excluding steroid dienone is 2. The zero-order chi connectivity index (χ0) is 22.7. The molecule has 0 amide bonds. The van der Waals surface area contributed by atoms with Crippen LogP contribution in [-0.4, -0.2) is 35.7 Å². The third-order valence-electron chi connectivity index (χ3n) is 5.86. The predicted molar refractivity (Wildman–Crippen MR) is 131 cm³/mol. The normalized spacial score (nSPS) is 17.8. The lowest BCUT2D eigenvalue weighted by Crippen LogP contribution is -2.22. The molecule has 1 N–H and O–H groups in total. The van der Waals surface area contributed by atoms with Crippen LogP contribution in [0, 0.1) is 0 Å². The van der Waals surface area contributed by atoms with E-state index in [0.717, 1.165) is 39.1 Å². The highest BCUT2D eigenvalue weighted by molar-refractivity contribution is 6.03. The van der Waals surface area contributed by atoms with Gasteiger partial charge in [-0.25, -0.2) is 0 Å². The summed E-state index contributed by atoms with van der Waals surface area (Å²) in [5.74, 6) is -0.409. The minimum absolute atomic E-state index is 0.111. The van der Waals surface area contributed by atoms with E-state index in [9.17, 15) is 5.11 Å². The molecule has 4 rings (SSSR count). The summed E-state index contributed by atoms with van der Waals surface area (Å²) >= 11 is 0. The van der Waals surface area contributed by atoms with E-state index >= 15 is 0 Å². The molecule has 2 heterocycles. The zero-order valence-electron chi connectivity index (χ0n) is 18.7. The number of hydrogen-bond donors (Lipinski definition) is 1. The Kier molecular flexibility index (Phi) is 6.17. The summed E-state index contributed by atoms with van der Waals surface area (Å²) in [4.78, 5) is 13.3. The summed E-state index contributed by atoms with van der Waals surface area (Å²) in [5, 5.41) is 13.2. The molecule has 32 heavy (non-hydrogen) atoms. The third kappa shape index (κ3) is 3.82. The number of rotatable bonds is 6. The molecule has 0 radical (unpaired) electrons. The van der Waals surface area contributed by atoms with Gasteiger partial charge in [0, 0.05) is 29.7 Å². The van der Waals surface area contributed by atoms with Crippen molar-refractivity contribution in [3.63, 3.8) is 0 Å². The van der Waals surface area contributed by atoms with Crippen LogP contribution in [0.2, 0.25) is 0 Å². The molecule has 1 aromatic heterocycles. The van der Waals surface area contributed by atoms with Gasteiger partial charge >= 0.3 is 0 Å². The number of aliphatic imine (C=N–C) groups is 2. The van der Waals surface area contributed by atoms with Crippen LogP contribution in [0.4, 0.5) is 0 Å². The summed E-state index contributed by atoms with van der Waals surface area (Å²) < 4.78 is 5.55. The van der Waals surface area contributed by atoms with E-state index in [4.69, 9.17) is 4.74 Å². The maximum absolute atomic E-state index is 10.9. The van der Waals surface area contributed by atoms with Crippen LogP contribution in [0.25, 0.3) is 21.9 Å². The first-order valence-electron chi connectivity index (χ1n) is 10.7. The molecular formula is C27H27N3O2. The smallest absolute Gasteiger partial charge is 0.282 e. The predicted octanol–water partition coefficient (Wildman–Crippen LogP) is 6.24. The molecular weight excluding hydrogens is 398 g/mol. The van der Waals surface area contributed by atoms with Gasteiger partial charge in [-0.1, -0.05) is 42.5 Å². The van der Waals surface area contributed by atoms with E-state index in [0.29, 0.717) is 18.7 Å². The monoisotopic (exact) mass is 425 g/mol. The fourth-order valence-electron chi connectivity index (χ4n) is 4.48.